The van der Waals surface area contributed by atoms with Crippen LogP contribution in [0.3, 0.4) is 0 Å². The van der Waals surface area contributed by atoms with Crippen LogP contribution in [0.15, 0.2) is 0 Å². The van der Waals surface area contributed by atoms with E-state index in [4.69, 9.17) is 0 Å². The smallest absolute Gasteiger partial charge is 0.0125 e. The summed E-state index contributed by atoms with van der Waals surface area (Å²) in [5, 5.41) is 27.8. The molecule has 0 bridgehead atoms. The van der Waals surface area contributed by atoms with Gasteiger partial charge in [0.1, 0.15) is 0 Å². The van der Waals surface area contributed by atoms with Crippen molar-refractivity contribution in [1.82, 2.24) is 62.1 Å². The van der Waals surface area contributed by atoms with E-state index in [-0.39, 0.29) is 0 Å². The predicted octanol–water partition coefficient (Wildman–Crippen LogP) is 21.4. The van der Waals surface area contributed by atoms with Crippen LogP contribution in [0.5, 0.6) is 0 Å². The maximum Gasteiger partial charge on any atom is 0.0125 e. The van der Waals surface area contributed by atoms with Crippen molar-refractivity contribution in [3.63, 3.8) is 0 Å². The Labute approximate surface area is 682 Å². The van der Waals surface area contributed by atoms with Gasteiger partial charge in [-0.25, -0.2) is 0 Å². The number of hydrogen-bond donors (Lipinski definition) is 8. The van der Waals surface area contributed by atoms with Crippen LogP contribution in [0.1, 0.15) is 364 Å². The van der Waals surface area contributed by atoms with Crippen LogP contribution in [-0.4, -0.2) is 200 Å². The highest BCUT2D eigenvalue weighted by Crippen LogP contribution is 2.43. The third kappa shape index (κ3) is 56.0. The highest BCUT2D eigenvalue weighted by molar-refractivity contribution is 4.98. The lowest BCUT2D eigenvalue weighted by Crippen LogP contribution is -2.52. The summed E-state index contributed by atoms with van der Waals surface area (Å²) in [5.41, 5.74) is 4.73. The van der Waals surface area contributed by atoms with Gasteiger partial charge in [0.05, 0.1) is 0 Å². The largest absolute Gasteiger partial charge is 0.317 e. The van der Waals surface area contributed by atoms with Crippen molar-refractivity contribution in [2.45, 2.75) is 387 Å². The Hall–Kier alpha value is -0.480. The summed E-state index contributed by atoms with van der Waals surface area (Å²) in [6.07, 6.45) is 28.2. The minimum absolute atomic E-state index is 0.369. The maximum atomic E-state index is 3.58. The standard InChI is InChI=1S/C13H26N2.3C12H24N2.C8H16N2.C7H14N2.8C4H10/c1-12(2,3)15-10-6-13(7-11-15)4-8-14-9-5-13;1-11(2,3)14-8-5-12(6-9-14)4-7-13-10-12;1-11(2)14-8-4-6-12(10-14)5-3-7-13-9-12;1-11(2)14-9-3-4-12(10-14)5-7-13-8-6-12;1-2-8(6-9-4-1)3-5-10-7-8;1-3-8-5-7(1)2-4-9-6-7;8*1-4(2)3/h14H,4-11H2,1-3H3;13H,4-10H2,1-3H3;2*11,13H,3-10H2,1-2H3;9-10H,1-7H2;8-9H,1-6H2;8*4H,1-3H3. The lowest BCUT2D eigenvalue weighted by Gasteiger charge is -2.48. The molecule has 0 radical (unpaired) electrons. The van der Waals surface area contributed by atoms with Crippen molar-refractivity contribution in [3.8, 4) is 0 Å². The second-order valence-corrected chi connectivity index (χ2v) is 44.3. The quantitative estimate of drug-likeness (QED) is 0.135. The normalized spacial score (nSPS) is 25.0. The fraction of sp³-hybridized carbons (Fsp3) is 1.00. The van der Waals surface area contributed by atoms with E-state index < -0.39 is 0 Å². The number of rotatable bonds is 2. The van der Waals surface area contributed by atoms with Gasteiger partial charge >= 0.3 is 0 Å². The number of hydrogen-bond acceptors (Lipinski definition) is 12. The zero-order chi connectivity index (χ0) is 82.9. The summed E-state index contributed by atoms with van der Waals surface area (Å²) in [7, 11) is 0. The highest BCUT2D eigenvalue weighted by Gasteiger charge is 2.42. The Morgan fingerprint density at radius 2 is 0.407 bits per heavy atom. The van der Waals surface area contributed by atoms with Crippen molar-refractivity contribution in [2.75, 3.05) is 157 Å². The first-order valence-electron chi connectivity index (χ1n) is 46.8. The average molecular weight is 1530 g/mol. The van der Waals surface area contributed by atoms with E-state index in [0.29, 0.717) is 43.6 Å². The SMILES string of the molecule is C1CC2(CCNC2)CN1.C1CNCC2(C1)CCNC2.CC(C)(C)N1CCC2(CCNC2)CC1.CC(C)(C)N1CCC2(CCNCC2)CC1.CC(C)C.CC(C)C.CC(C)C.CC(C)C.CC(C)C.CC(C)C.CC(C)C.CC(C)C.CC(C)N1CCCC2(CCCNC2)C1.CC(C)N1CCCC2(CCNCC2)C1. The third-order valence-corrected chi connectivity index (χ3v) is 22.2. The molecule has 2 atom stereocenters. The molecule has 12 aliphatic heterocycles. The van der Waals surface area contributed by atoms with Crippen molar-refractivity contribution in [2.24, 2.45) is 79.8 Å². The van der Waals surface area contributed by atoms with Gasteiger partial charge in [-0.3, -0.25) is 9.80 Å². The Morgan fingerprint density at radius 3 is 0.657 bits per heavy atom. The van der Waals surface area contributed by atoms with E-state index in [2.05, 4.69) is 298 Å². The fourth-order valence-electron chi connectivity index (χ4n) is 16.2. The molecule has 0 aliphatic carbocycles. The van der Waals surface area contributed by atoms with Crippen LogP contribution < -0.4 is 42.5 Å². The number of piperidine rings is 8. The topological polar surface area (TPSA) is 109 Å². The van der Waals surface area contributed by atoms with Crippen LogP contribution in [0.25, 0.3) is 0 Å². The molecule has 2 unspecified atom stereocenters. The van der Waals surface area contributed by atoms with E-state index in [1.54, 1.807) is 0 Å². The van der Waals surface area contributed by atoms with Crippen LogP contribution >= 0.6 is 0 Å². The van der Waals surface area contributed by atoms with E-state index in [1.165, 1.54) is 285 Å². The van der Waals surface area contributed by atoms with Gasteiger partial charge in [-0.05, 0) is 382 Å². The first-order chi connectivity index (χ1) is 50.2. The Bertz CT molecular complexity index is 1800. The lowest BCUT2D eigenvalue weighted by molar-refractivity contribution is 0.0260. The van der Waals surface area contributed by atoms with E-state index in [0.717, 1.165) is 59.4 Å². The molecule has 8 N–H and O–H groups in total. The molecule has 0 aromatic rings. The monoisotopic (exact) mass is 1530 g/mol. The zero-order valence-corrected chi connectivity index (χ0v) is 80.7. The van der Waals surface area contributed by atoms with Crippen LogP contribution in [0.2, 0.25) is 0 Å². The molecule has 12 aliphatic rings. The molecule has 12 heterocycles. The van der Waals surface area contributed by atoms with Gasteiger partial charge in [0.2, 0.25) is 0 Å². The van der Waals surface area contributed by atoms with Crippen molar-refractivity contribution < 1.29 is 0 Å². The molecule has 12 heteroatoms. The first kappa shape index (κ1) is 110. The predicted molar refractivity (Wildman–Crippen MR) is 490 cm³/mol. The molecule has 0 saturated carbocycles. The van der Waals surface area contributed by atoms with Gasteiger partial charge in [-0.15, -0.1) is 0 Å². The Morgan fingerprint density at radius 1 is 0.204 bits per heavy atom. The molecule has 12 fully saturated rings. The molecule has 12 saturated heterocycles. The molecular weight excluding hydrogens is 1320 g/mol. The zero-order valence-electron chi connectivity index (χ0n) is 80.7. The van der Waals surface area contributed by atoms with Crippen molar-refractivity contribution >= 4 is 0 Å². The van der Waals surface area contributed by atoms with Crippen LogP contribution in [0, 0.1) is 79.8 Å². The van der Waals surface area contributed by atoms with E-state index in [9.17, 15) is 0 Å². The molecule has 108 heavy (non-hydrogen) atoms. The van der Waals surface area contributed by atoms with Crippen LogP contribution in [-0.2, 0) is 0 Å². The summed E-state index contributed by atoms with van der Waals surface area (Å²) in [4.78, 5) is 10.6. The summed E-state index contributed by atoms with van der Waals surface area (Å²) in [5.74, 6) is 6.67. The Balaban J connectivity index is 0. The third-order valence-electron chi connectivity index (χ3n) is 22.2. The van der Waals surface area contributed by atoms with Gasteiger partial charge in [0, 0.05) is 75.5 Å². The number of nitrogens with one attached hydrogen (secondary N) is 8. The van der Waals surface area contributed by atoms with Gasteiger partial charge in [-0.2, -0.15) is 0 Å². The molecule has 12 nitrogen and oxygen atoms in total. The molecule has 0 aromatic carbocycles. The number of nitrogens with zero attached hydrogens (tertiary/aromatic N) is 4. The molecule has 6 spiro atoms. The first-order valence-corrected chi connectivity index (χ1v) is 46.8. The second-order valence-electron chi connectivity index (χ2n) is 44.3. The van der Waals surface area contributed by atoms with Gasteiger partial charge in [0.25, 0.3) is 0 Å². The minimum Gasteiger partial charge on any atom is -0.317 e. The van der Waals surface area contributed by atoms with Crippen LogP contribution in [0.4, 0.5) is 0 Å². The minimum atomic E-state index is 0.369. The molecule has 12 rings (SSSR count). The molecule has 0 amide bonds. The summed E-state index contributed by atoms with van der Waals surface area (Å²) in [6.45, 7) is 106. The van der Waals surface area contributed by atoms with Gasteiger partial charge < -0.3 is 52.3 Å². The fourth-order valence-corrected chi connectivity index (χ4v) is 16.2. The Kier molecular flexibility index (Phi) is 60.1. The summed E-state index contributed by atoms with van der Waals surface area (Å²) in [6, 6.07) is 1.47. The number of likely N-dealkylation sites (tertiary alicyclic amines) is 4. The van der Waals surface area contributed by atoms with E-state index >= 15 is 0 Å². The molecule has 652 valence electrons. The summed E-state index contributed by atoms with van der Waals surface area (Å²) < 4.78 is 0. The van der Waals surface area contributed by atoms with Gasteiger partial charge in [-0.1, -0.05) is 166 Å². The highest BCUT2D eigenvalue weighted by atomic mass is 15.2. The summed E-state index contributed by atoms with van der Waals surface area (Å²) >= 11 is 0. The van der Waals surface area contributed by atoms with Gasteiger partial charge in [0.15, 0.2) is 0 Å². The second kappa shape index (κ2) is 59.2. The van der Waals surface area contributed by atoms with E-state index in [1.807, 2.05) is 0 Å². The molecular formula is C96H208N12. The average Bonchev–Trinajstić information content (AvgIpc) is 1.29. The lowest BCUT2D eigenvalue weighted by atomic mass is 9.71. The molecule has 0 aromatic heterocycles. The maximum absolute atomic E-state index is 3.58. The van der Waals surface area contributed by atoms with Crippen molar-refractivity contribution in [1.29, 1.82) is 0 Å². The van der Waals surface area contributed by atoms with Crippen molar-refractivity contribution in [3.05, 3.63) is 0 Å².